The monoisotopic (exact) mass is 269 g/mol. The van der Waals surface area contributed by atoms with E-state index in [-0.39, 0.29) is 18.0 Å². The van der Waals surface area contributed by atoms with Gasteiger partial charge in [-0.05, 0) is 18.2 Å². The third-order valence-electron chi connectivity index (χ3n) is 2.85. The summed E-state index contributed by atoms with van der Waals surface area (Å²) >= 11 is 0. The van der Waals surface area contributed by atoms with Crippen LogP contribution >= 0.6 is 0 Å². The molecule has 6 heteroatoms. The van der Waals surface area contributed by atoms with Gasteiger partial charge in [-0.15, -0.1) is 0 Å². The third-order valence-corrected chi connectivity index (χ3v) is 2.85. The maximum atomic E-state index is 10.9. The summed E-state index contributed by atoms with van der Waals surface area (Å²) in [5.41, 5.74) is 1.49. The summed E-state index contributed by atoms with van der Waals surface area (Å²) < 4.78 is 7.37. The van der Waals surface area contributed by atoms with Gasteiger partial charge in [0.1, 0.15) is 12.3 Å². The van der Waals surface area contributed by atoms with Crippen LogP contribution in [0.2, 0.25) is 0 Å². The maximum absolute atomic E-state index is 10.9. The Balaban J connectivity index is 1.81. The van der Waals surface area contributed by atoms with Crippen LogP contribution in [0, 0.1) is 10.1 Å². The Labute approximate surface area is 114 Å². The van der Waals surface area contributed by atoms with E-state index >= 15 is 0 Å². The van der Waals surface area contributed by atoms with E-state index in [4.69, 9.17) is 4.74 Å². The van der Waals surface area contributed by atoms with Gasteiger partial charge in [-0.25, -0.2) is 4.98 Å². The first-order valence-corrected chi connectivity index (χ1v) is 6.03. The molecule has 3 rings (SSSR count). The Morgan fingerprint density at radius 2 is 2.00 bits per heavy atom. The number of fused-ring (bicyclic) bond motifs is 1. The summed E-state index contributed by atoms with van der Waals surface area (Å²) in [7, 11) is 0. The molecule has 0 aliphatic rings. The van der Waals surface area contributed by atoms with Crippen LogP contribution in [-0.2, 0) is 6.61 Å². The van der Waals surface area contributed by atoms with Gasteiger partial charge in [0.05, 0.1) is 10.6 Å². The highest BCUT2D eigenvalue weighted by Gasteiger charge is 2.14. The van der Waals surface area contributed by atoms with E-state index in [0.717, 1.165) is 5.65 Å². The summed E-state index contributed by atoms with van der Waals surface area (Å²) in [6.07, 6.45) is 3.72. The number of nitrogens with zero attached hydrogens (tertiary/aromatic N) is 3. The van der Waals surface area contributed by atoms with Gasteiger partial charge in [0, 0.05) is 18.5 Å². The van der Waals surface area contributed by atoms with Gasteiger partial charge in [-0.1, -0.05) is 18.2 Å². The zero-order valence-electron chi connectivity index (χ0n) is 10.5. The molecular weight excluding hydrogens is 258 g/mol. The molecule has 0 radical (unpaired) electrons. The van der Waals surface area contributed by atoms with Crippen LogP contribution in [0.3, 0.4) is 0 Å². The first-order chi connectivity index (χ1) is 9.74. The average molecular weight is 269 g/mol. The van der Waals surface area contributed by atoms with Crippen molar-refractivity contribution >= 4 is 11.3 Å². The van der Waals surface area contributed by atoms with Crippen molar-refractivity contribution in [3.8, 4) is 5.75 Å². The second-order valence-electron chi connectivity index (χ2n) is 4.21. The number of aromatic nitrogens is 2. The summed E-state index contributed by atoms with van der Waals surface area (Å²) in [5.74, 6) is 0.245. The molecule has 0 fully saturated rings. The third kappa shape index (κ3) is 2.31. The summed E-state index contributed by atoms with van der Waals surface area (Å²) in [6.45, 7) is 0.187. The lowest BCUT2D eigenvalue weighted by Gasteiger charge is -2.04. The second-order valence-corrected chi connectivity index (χ2v) is 4.21. The maximum Gasteiger partial charge on any atom is 0.310 e. The van der Waals surface area contributed by atoms with E-state index in [1.807, 2.05) is 35.0 Å². The number of ether oxygens (including phenoxy) is 1. The molecule has 0 N–H and O–H groups in total. The van der Waals surface area contributed by atoms with E-state index in [1.165, 1.54) is 6.07 Å². The van der Waals surface area contributed by atoms with Crippen LogP contribution in [-0.4, -0.2) is 14.3 Å². The molecule has 0 saturated heterocycles. The molecule has 1 aromatic carbocycles. The normalized spacial score (nSPS) is 10.6. The van der Waals surface area contributed by atoms with Gasteiger partial charge in [0.15, 0.2) is 5.75 Å². The van der Waals surface area contributed by atoms with Crippen LogP contribution in [0.15, 0.2) is 54.9 Å². The molecule has 100 valence electrons. The Bertz CT molecular complexity index is 734. The molecule has 0 aliphatic carbocycles. The number of rotatable bonds is 4. The zero-order chi connectivity index (χ0) is 13.9. The van der Waals surface area contributed by atoms with Gasteiger partial charge < -0.3 is 9.14 Å². The fourth-order valence-electron chi connectivity index (χ4n) is 1.94. The molecule has 0 amide bonds. The average Bonchev–Trinajstić information content (AvgIpc) is 2.88. The minimum Gasteiger partial charge on any atom is -0.480 e. The highest BCUT2D eigenvalue weighted by atomic mass is 16.6. The van der Waals surface area contributed by atoms with Crippen molar-refractivity contribution < 1.29 is 9.66 Å². The molecule has 6 nitrogen and oxygen atoms in total. The van der Waals surface area contributed by atoms with Crippen LogP contribution in [0.1, 0.15) is 5.69 Å². The molecule has 2 aromatic heterocycles. The van der Waals surface area contributed by atoms with Crippen LogP contribution in [0.25, 0.3) is 5.65 Å². The van der Waals surface area contributed by atoms with E-state index in [9.17, 15) is 10.1 Å². The smallest absolute Gasteiger partial charge is 0.310 e. The largest absolute Gasteiger partial charge is 0.480 e. The minimum atomic E-state index is -0.459. The van der Waals surface area contributed by atoms with Crippen LogP contribution in [0.4, 0.5) is 5.69 Å². The Hall–Kier alpha value is -2.89. The van der Waals surface area contributed by atoms with Crippen molar-refractivity contribution in [2.24, 2.45) is 0 Å². The lowest BCUT2D eigenvalue weighted by Crippen LogP contribution is -1.99. The van der Waals surface area contributed by atoms with Gasteiger partial charge in [0.25, 0.3) is 0 Å². The molecule has 0 atom stereocenters. The second kappa shape index (κ2) is 5.00. The molecule has 0 aliphatic heterocycles. The lowest BCUT2D eigenvalue weighted by molar-refractivity contribution is -0.385. The number of hydrogen-bond donors (Lipinski definition) is 0. The number of benzene rings is 1. The van der Waals surface area contributed by atoms with Gasteiger partial charge in [-0.3, -0.25) is 10.1 Å². The number of pyridine rings is 1. The van der Waals surface area contributed by atoms with E-state index in [1.54, 1.807) is 18.2 Å². The number of nitro benzene ring substituents is 1. The van der Waals surface area contributed by atoms with Crippen LogP contribution in [0.5, 0.6) is 5.75 Å². The van der Waals surface area contributed by atoms with Gasteiger partial charge in [0.2, 0.25) is 0 Å². The van der Waals surface area contributed by atoms with Crippen molar-refractivity contribution in [2.75, 3.05) is 0 Å². The highest BCUT2D eigenvalue weighted by molar-refractivity contribution is 5.46. The molecule has 3 aromatic rings. The first kappa shape index (κ1) is 12.2. The quantitative estimate of drug-likeness (QED) is 0.539. The SMILES string of the molecule is O=[N+]([O-])c1ccccc1OCc1cn2ccccc2n1. The van der Waals surface area contributed by atoms with Crippen molar-refractivity contribution in [3.05, 3.63) is 70.7 Å². The van der Waals surface area contributed by atoms with Crippen molar-refractivity contribution in [3.63, 3.8) is 0 Å². The standard InChI is InChI=1S/C14H11N3O3/c18-17(19)12-5-1-2-6-13(12)20-10-11-9-16-8-4-3-7-14(16)15-11/h1-9H,10H2. The van der Waals surface area contributed by atoms with Crippen molar-refractivity contribution in [2.45, 2.75) is 6.61 Å². The summed E-state index contributed by atoms with van der Waals surface area (Å²) in [6, 6.07) is 12.0. The number of nitro groups is 1. The molecule has 0 bridgehead atoms. The number of imidazole rings is 1. The zero-order valence-corrected chi connectivity index (χ0v) is 10.5. The Morgan fingerprint density at radius 3 is 2.80 bits per heavy atom. The summed E-state index contributed by atoms with van der Waals surface area (Å²) in [4.78, 5) is 14.8. The van der Waals surface area contributed by atoms with Crippen molar-refractivity contribution in [1.82, 2.24) is 9.38 Å². The van der Waals surface area contributed by atoms with Crippen molar-refractivity contribution in [1.29, 1.82) is 0 Å². The molecule has 0 spiro atoms. The Morgan fingerprint density at radius 1 is 1.20 bits per heavy atom. The Kier molecular flexibility index (Phi) is 3.04. The molecule has 0 saturated carbocycles. The number of hydrogen-bond acceptors (Lipinski definition) is 4. The minimum absolute atomic E-state index is 0.0451. The van der Waals surface area contributed by atoms with E-state index in [0.29, 0.717) is 5.69 Å². The van der Waals surface area contributed by atoms with Gasteiger partial charge >= 0.3 is 5.69 Å². The summed E-state index contributed by atoms with van der Waals surface area (Å²) in [5, 5.41) is 10.9. The molecule has 2 heterocycles. The highest BCUT2D eigenvalue weighted by Crippen LogP contribution is 2.26. The van der Waals surface area contributed by atoms with Gasteiger partial charge in [-0.2, -0.15) is 0 Å². The fraction of sp³-hybridized carbons (Fsp3) is 0.0714. The molecule has 0 unspecified atom stereocenters. The fourth-order valence-corrected chi connectivity index (χ4v) is 1.94. The first-order valence-electron chi connectivity index (χ1n) is 6.03. The topological polar surface area (TPSA) is 69.7 Å². The molecular formula is C14H11N3O3. The number of para-hydroxylation sites is 2. The predicted molar refractivity (Wildman–Crippen MR) is 72.6 cm³/mol. The van der Waals surface area contributed by atoms with E-state index < -0.39 is 4.92 Å². The predicted octanol–water partition coefficient (Wildman–Crippen LogP) is 2.82. The van der Waals surface area contributed by atoms with Crippen LogP contribution < -0.4 is 4.74 Å². The molecule has 20 heavy (non-hydrogen) atoms. The van der Waals surface area contributed by atoms with E-state index in [2.05, 4.69) is 4.98 Å². The lowest BCUT2D eigenvalue weighted by atomic mass is 10.3.